The quantitative estimate of drug-likeness (QED) is 0.577. The molecule has 0 spiro atoms. The predicted molar refractivity (Wildman–Crippen MR) is 115 cm³/mol. The Hall–Kier alpha value is -1.20. The number of benzene rings is 1. The molecule has 0 amide bonds. The number of alkyl halides is 2. The molecule has 1 aliphatic carbocycles. The topological polar surface area (TPSA) is 24.5 Å². The minimum absolute atomic E-state index is 0.191. The SMILES string of the molecule is CCC1CN(CC(c2cccc(OC(C)(F)F)c2)C2(C)CCCCCC2)CCN1. The first kappa shape index (κ1) is 22.5. The van der Waals surface area contributed by atoms with Crippen LogP contribution in [0.1, 0.15) is 77.2 Å². The van der Waals surface area contributed by atoms with Crippen LogP contribution in [0.3, 0.4) is 0 Å². The van der Waals surface area contributed by atoms with Crippen LogP contribution in [0.2, 0.25) is 0 Å². The van der Waals surface area contributed by atoms with Crippen molar-refractivity contribution in [1.29, 1.82) is 0 Å². The van der Waals surface area contributed by atoms with Gasteiger partial charge in [-0.1, -0.05) is 51.7 Å². The van der Waals surface area contributed by atoms with Gasteiger partial charge in [0.15, 0.2) is 0 Å². The Labute approximate surface area is 175 Å². The molecule has 1 saturated carbocycles. The summed E-state index contributed by atoms with van der Waals surface area (Å²) in [5.41, 5.74) is 1.33. The molecule has 1 saturated heterocycles. The van der Waals surface area contributed by atoms with E-state index >= 15 is 0 Å². The zero-order valence-corrected chi connectivity index (χ0v) is 18.4. The fourth-order valence-electron chi connectivity index (χ4n) is 5.21. The smallest absolute Gasteiger partial charge is 0.394 e. The van der Waals surface area contributed by atoms with E-state index in [0.717, 1.165) is 45.1 Å². The van der Waals surface area contributed by atoms with Gasteiger partial charge < -0.3 is 10.1 Å². The molecule has 5 heteroatoms. The third kappa shape index (κ3) is 6.39. The first-order chi connectivity index (χ1) is 13.8. The summed E-state index contributed by atoms with van der Waals surface area (Å²) >= 11 is 0. The number of hydrogen-bond acceptors (Lipinski definition) is 3. The highest BCUT2D eigenvalue weighted by Gasteiger charge is 2.37. The van der Waals surface area contributed by atoms with Gasteiger partial charge in [-0.15, -0.1) is 0 Å². The van der Waals surface area contributed by atoms with E-state index in [1.165, 1.54) is 38.5 Å². The number of piperazine rings is 1. The van der Waals surface area contributed by atoms with Crippen molar-refractivity contribution in [3.05, 3.63) is 29.8 Å². The van der Waals surface area contributed by atoms with E-state index in [-0.39, 0.29) is 11.2 Å². The summed E-state index contributed by atoms with van der Waals surface area (Å²) in [6.07, 6.45) is 5.51. The average molecular weight is 409 g/mol. The fraction of sp³-hybridized carbons (Fsp3) is 0.750. The van der Waals surface area contributed by atoms with Crippen LogP contribution in [0.4, 0.5) is 8.78 Å². The number of halogens is 2. The summed E-state index contributed by atoms with van der Waals surface area (Å²) in [6, 6.07) is 8.03. The number of rotatable bonds is 7. The lowest BCUT2D eigenvalue weighted by Crippen LogP contribution is -2.52. The number of nitrogens with zero attached hydrogens (tertiary/aromatic N) is 1. The lowest BCUT2D eigenvalue weighted by Gasteiger charge is -2.43. The van der Waals surface area contributed by atoms with Crippen LogP contribution >= 0.6 is 0 Å². The summed E-state index contributed by atoms with van der Waals surface area (Å²) in [5.74, 6) is 0.592. The normalized spacial score (nSPS) is 24.7. The van der Waals surface area contributed by atoms with Crippen LogP contribution < -0.4 is 10.1 Å². The minimum atomic E-state index is -3.16. The summed E-state index contributed by atoms with van der Waals surface area (Å²) in [7, 11) is 0. The van der Waals surface area contributed by atoms with Crippen molar-refractivity contribution >= 4 is 0 Å². The number of hydrogen-bond donors (Lipinski definition) is 1. The lowest BCUT2D eigenvalue weighted by atomic mass is 9.68. The van der Waals surface area contributed by atoms with Gasteiger partial charge in [0.05, 0.1) is 0 Å². The Balaban J connectivity index is 1.87. The van der Waals surface area contributed by atoms with Gasteiger partial charge in [0.1, 0.15) is 5.75 Å². The molecule has 2 unspecified atom stereocenters. The molecule has 2 aliphatic rings. The highest BCUT2D eigenvalue weighted by atomic mass is 19.3. The maximum Gasteiger partial charge on any atom is 0.394 e. The largest absolute Gasteiger partial charge is 0.433 e. The van der Waals surface area contributed by atoms with E-state index < -0.39 is 6.11 Å². The molecule has 0 aromatic heterocycles. The molecule has 3 nitrogen and oxygen atoms in total. The minimum Gasteiger partial charge on any atom is -0.433 e. The second-order valence-electron chi connectivity index (χ2n) is 9.42. The van der Waals surface area contributed by atoms with E-state index in [0.29, 0.717) is 12.0 Å². The van der Waals surface area contributed by atoms with Crippen LogP contribution in [0, 0.1) is 5.41 Å². The van der Waals surface area contributed by atoms with Crippen molar-refractivity contribution < 1.29 is 13.5 Å². The van der Waals surface area contributed by atoms with E-state index in [4.69, 9.17) is 4.74 Å². The van der Waals surface area contributed by atoms with E-state index in [9.17, 15) is 8.78 Å². The average Bonchev–Trinajstić information content (AvgIpc) is 2.90. The first-order valence-electron chi connectivity index (χ1n) is 11.4. The second kappa shape index (κ2) is 9.74. The Morgan fingerprint density at radius 2 is 1.97 bits per heavy atom. The number of ether oxygens (including phenoxy) is 1. The third-order valence-electron chi connectivity index (χ3n) is 6.92. The Kier molecular flexibility index (Phi) is 7.55. The van der Waals surface area contributed by atoms with Crippen molar-refractivity contribution in [3.8, 4) is 5.75 Å². The maximum absolute atomic E-state index is 13.4. The summed E-state index contributed by atoms with van der Waals surface area (Å²) in [5, 5.41) is 3.60. The molecule has 1 aliphatic heterocycles. The standard InChI is InChI=1S/C24H38F2N2O/c1-4-20-17-28(15-14-27-20)18-22(23(2)12-7-5-6-8-13-23)19-10-9-11-21(16-19)29-24(3,25)26/h9-11,16,20,22,27H,4-8,12-15,17-18H2,1-3H3. The van der Waals surface area contributed by atoms with Crippen LogP contribution in [0.15, 0.2) is 24.3 Å². The van der Waals surface area contributed by atoms with Gasteiger partial charge in [-0.25, -0.2) is 0 Å². The molecule has 0 bridgehead atoms. The van der Waals surface area contributed by atoms with Gasteiger partial charge in [-0.3, -0.25) is 4.90 Å². The molecular formula is C24H38F2N2O. The van der Waals surface area contributed by atoms with Gasteiger partial charge in [-0.2, -0.15) is 8.78 Å². The van der Waals surface area contributed by atoms with Gasteiger partial charge >= 0.3 is 6.11 Å². The Morgan fingerprint density at radius 3 is 2.62 bits per heavy atom. The number of nitrogens with one attached hydrogen (secondary N) is 1. The molecule has 2 atom stereocenters. The van der Waals surface area contributed by atoms with Crippen molar-refractivity contribution in [2.45, 2.75) is 83.8 Å². The molecule has 1 heterocycles. The molecule has 1 N–H and O–H groups in total. The maximum atomic E-state index is 13.4. The lowest BCUT2D eigenvalue weighted by molar-refractivity contribution is -0.159. The van der Waals surface area contributed by atoms with Crippen LogP contribution in [0.5, 0.6) is 5.75 Å². The van der Waals surface area contributed by atoms with Crippen molar-refractivity contribution in [3.63, 3.8) is 0 Å². The Morgan fingerprint density at radius 1 is 1.24 bits per heavy atom. The van der Waals surface area contributed by atoms with Gasteiger partial charge in [0.2, 0.25) is 0 Å². The fourth-order valence-corrected chi connectivity index (χ4v) is 5.21. The highest BCUT2D eigenvalue weighted by molar-refractivity contribution is 5.32. The van der Waals surface area contributed by atoms with Crippen molar-refractivity contribution in [2.24, 2.45) is 5.41 Å². The summed E-state index contributed by atoms with van der Waals surface area (Å²) in [6.45, 7) is 9.57. The van der Waals surface area contributed by atoms with Gasteiger partial charge in [0, 0.05) is 45.1 Å². The molecule has 2 fully saturated rings. The summed E-state index contributed by atoms with van der Waals surface area (Å²) < 4.78 is 31.8. The molecule has 1 aromatic rings. The highest BCUT2D eigenvalue weighted by Crippen LogP contribution is 2.47. The van der Waals surface area contributed by atoms with Crippen LogP contribution in [-0.4, -0.2) is 43.2 Å². The predicted octanol–water partition coefficient (Wildman–Crippen LogP) is 5.81. The molecule has 3 rings (SSSR count). The summed E-state index contributed by atoms with van der Waals surface area (Å²) in [4.78, 5) is 2.58. The van der Waals surface area contributed by atoms with E-state index in [2.05, 4.69) is 30.1 Å². The first-order valence-corrected chi connectivity index (χ1v) is 11.4. The molecule has 164 valence electrons. The van der Waals surface area contributed by atoms with E-state index in [1.54, 1.807) is 6.07 Å². The van der Waals surface area contributed by atoms with Gasteiger partial charge in [0.25, 0.3) is 0 Å². The molecule has 29 heavy (non-hydrogen) atoms. The van der Waals surface area contributed by atoms with E-state index in [1.807, 2.05) is 12.1 Å². The van der Waals surface area contributed by atoms with Crippen LogP contribution in [0.25, 0.3) is 0 Å². The monoisotopic (exact) mass is 408 g/mol. The van der Waals surface area contributed by atoms with Crippen LogP contribution in [-0.2, 0) is 0 Å². The third-order valence-corrected chi connectivity index (χ3v) is 6.92. The zero-order valence-electron chi connectivity index (χ0n) is 18.4. The Bertz CT molecular complexity index is 638. The second-order valence-corrected chi connectivity index (χ2v) is 9.42. The molecule has 0 radical (unpaired) electrons. The van der Waals surface area contributed by atoms with Crippen molar-refractivity contribution in [1.82, 2.24) is 10.2 Å². The molecule has 1 aromatic carbocycles. The van der Waals surface area contributed by atoms with Gasteiger partial charge in [-0.05, 0) is 42.4 Å². The van der Waals surface area contributed by atoms with Crippen molar-refractivity contribution in [2.75, 3.05) is 26.2 Å². The zero-order chi connectivity index (χ0) is 20.9. The molecular weight excluding hydrogens is 370 g/mol.